The fourth-order valence-corrected chi connectivity index (χ4v) is 1.71. The Morgan fingerprint density at radius 1 is 1.07 bits per heavy atom. The van der Waals surface area contributed by atoms with Crippen molar-refractivity contribution in [3.8, 4) is 0 Å². The van der Waals surface area contributed by atoms with Crippen LogP contribution in [0.4, 0.5) is 0 Å². The zero-order chi connectivity index (χ0) is 11.1. The van der Waals surface area contributed by atoms with Gasteiger partial charge in [-0.3, -0.25) is 4.90 Å². The topological polar surface area (TPSA) is 26.7 Å². The third-order valence-electron chi connectivity index (χ3n) is 2.84. The lowest BCUT2D eigenvalue weighted by Crippen LogP contribution is -2.66. The SMILES string of the molecule is CC(C)(C)N1CC(N(O)C(C)(C)C)C1. The Balaban J connectivity index is 2.42. The van der Waals surface area contributed by atoms with Gasteiger partial charge in [-0.1, -0.05) is 0 Å². The van der Waals surface area contributed by atoms with Gasteiger partial charge in [0.05, 0.1) is 6.04 Å². The van der Waals surface area contributed by atoms with Crippen molar-refractivity contribution in [2.75, 3.05) is 13.1 Å². The maximum absolute atomic E-state index is 9.90. The van der Waals surface area contributed by atoms with Gasteiger partial charge in [0.15, 0.2) is 0 Å². The quantitative estimate of drug-likeness (QED) is 0.655. The van der Waals surface area contributed by atoms with E-state index in [1.807, 2.05) is 20.8 Å². The van der Waals surface area contributed by atoms with Crippen molar-refractivity contribution in [2.45, 2.75) is 58.7 Å². The van der Waals surface area contributed by atoms with Gasteiger partial charge in [-0.2, -0.15) is 5.06 Å². The third-order valence-corrected chi connectivity index (χ3v) is 2.84. The van der Waals surface area contributed by atoms with E-state index >= 15 is 0 Å². The van der Waals surface area contributed by atoms with Crippen LogP contribution in [0.25, 0.3) is 0 Å². The van der Waals surface area contributed by atoms with E-state index in [0.717, 1.165) is 13.1 Å². The highest BCUT2D eigenvalue weighted by atomic mass is 16.5. The Hall–Kier alpha value is -0.120. The Morgan fingerprint density at radius 3 is 1.79 bits per heavy atom. The van der Waals surface area contributed by atoms with Crippen molar-refractivity contribution in [3.05, 3.63) is 0 Å². The molecule has 0 bridgehead atoms. The lowest BCUT2D eigenvalue weighted by molar-refractivity contribution is -0.223. The molecule has 0 radical (unpaired) electrons. The molecule has 0 aromatic rings. The number of nitrogens with zero attached hydrogens (tertiary/aromatic N) is 2. The highest BCUT2D eigenvalue weighted by Crippen LogP contribution is 2.26. The molecule has 1 saturated heterocycles. The van der Waals surface area contributed by atoms with Gasteiger partial charge in [0, 0.05) is 24.2 Å². The van der Waals surface area contributed by atoms with Gasteiger partial charge in [-0.15, -0.1) is 0 Å². The second-order valence-corrected chi connectivity index (χ2v) is 6.25. The molecule has 0 spiro atoms. The van der Waals surface area contributed by atoms with Crippen LogP contribution in [0.2, 0.25) is 0 Å². The van der Waals surface area contributed by atoms with E-state index in [2.05, 4.69) is 25.7 Å². The van der Waals surface area contributed by atoms with Crippen LogP contribution in [0, 0.1) is 0 Å². The molecule has 3 heteroatoms. The minimum atomic E-state index is -0.144. The lowest BCUT2D eigenvalue weighted by atomic mass is 9.95. The fraction of sp³-hybridized carbons (Fsp3) is 1.00. The molecule has 1 aliphatic rings. The Labute approximate surface area is 87.7 Å². The summed E-state index contributed by atoms with van der Waals surface area (Å²) in [5.41, 5.74) is 0.0872. The molecule has 0 unspecified atom stereocenters. The van der Waals surface area contributed by atoms with E-state index in [1.165, 1.54) is 5.06 Å². The molecular weight excluding hydrogens is 176 g/mol. The monoisotopic (exact) mass is 200 g/mol. The summed E-state index contributed by atoms with van der Waals surface area (Å²) in [5, 5.41) is 11.4. The number of hydroxylamine groups is 2. The second-order valence-electron chi connectivity index (χ2n) is 6.25. The van der Waals surface area contributed by atoms with Crippen LogP contribution < -0.4 is 0 Å². The van der Waals surface area contributed by atoms with Gasteiger partial charge in [-0.25, -0.2) is 0 Å². The maximum atomic E-state index is 9.90. The predicted molar refractivity (Wildman–Crippen MR) is 58.5 cm³/mol. The van der Waals surface area contributed by atoms with Crippen LogP contribution in [-0.4, -0.2) is 45.4 Å². The first-order valence-corrected chi connectivity index (χ1v) is 5.35. The third kappa shape index (κ3) is 2.47. The van der Waals surface area contributed by atoms with E-state index in [-0.39, 0.29) is 11.1 Å². The lowest BCUT2D eigenvalue weighted by Gasteiger charge is -2.52. The van der Waals surface area contributed by atoms with Crippen molar-refractivity contribution in [1.82, 2.24) is 9.96 Å². The van der Waals surface area contributed by atoms with Crippen LogP contribution in [0.1, 0.15) is 41.5 Å². The standard InChI is InChI=1S/C11H24N2O/c1-10(2,3)12-7-9(8-12)13(14)11(4,5)6/h9,14H,7-8H2,1-6H3. The number of rotatable bonds is 1. The van der Waals surface area contributed by atoms with Crippen molar-refractivity contribution < 1.29 is 5.21 Å². The molecule has 84 valence electrons. The van der Waals surface area contributed by atoms with Gasteiger partial charge in [0.25, 0.3) is 0 Å². The van der Waals surface area contributed by atoms with Gasteiger partial charge < -0.3 is 5.21 Å². The zero-order valence-electron chi connectivity index (χ0n) is 10.3. The fourth-order valence-electron chi connectivity index (χ4n) is 1.71. The van der Waals surface area contributed by atoms with Gasteiger partial charge in [0.1, 0.15) is 0 Å². The second kappa shape index (κ2) is 3.47. The summed E-state index contributed by atoms with van der Waals surface area (Å²) in [4.78, 5) is 2.38. The summed E-state index contributed by atoms with van der Waals surface area (Å²) < 4.78 is 0. The van der Waals surface area contributed by atoms with Crippen molar-refractivity contribution >= 4 is 0 Å². The molecular formula is C11H24N2O. The molecule has 1 N–H and O–H groups in total. The molecule has 0 atom stereocenters. The van der Waals surface area contributed by atoms with E-state index in [4.69, 9.17) is 0 Å². The Morgan fingerprint density at radius 2 is 1.50 bits per heavy atom. The summed E-state index contributed by atoms with van der Waals surface area (Å²) >= 11 is 0. The average Bonchev–Trinajstić information content (AvgIpc) is 1.77. The van der Waals surface area contributed by atoms with E-state index in [9.17, 15) is 5.21 Å². The first kappa shape index (κ1) is 12.0. The van der Waals surface area contributed by atoms with Crippen molar-refractivity contribution in [1.29, 1.82) is 0 Å². The highest BCUT2D eigenvalue weighted by Gasteiger charge is 2.40. The summed E-state index contributed by atoms with van der Waals surface area (Å²) in [6.45, 7) is 14.7. The summed E-state index contributed by atoms with van der Waals surface area (Å²) in [5.74, 6) is 0. The van der Waals surface area contributed by atoms with Crippen molar-refractivity contribution in [2.24, 2.45) is 0 Å². The molecule has 0 amide bonds. The molecule has 1 heterocycles. The van der Waals surface area contributed by atoms with Crippen LogP contribution in [0.3, 0.4) is 0 Å². The van der Waals surface area contributed by atoms with Gasteiger partial charge in [-0.05, 0) is 41.5 Å². The van der Waals surface area contributed by atoms with Crippen molar-refractivity contribution in [3.63, 3.8) is 0 Å². The van der Waals surface area contributed by atoms with Gasteiger partial charge >= 0.3 is 0 Å². The highest BCUT2D eigenvalue weighted by molar-refractivity contribution is 4.94. The maximum Gasteiger partial charge on any atom is 0.0610 e. The molecule has 1 aliphatic heterocycles. The molecule has 1 fully saturated rings. The normalized spacial score (nSPS) is 21.4. The molecule has 0 aromatic carbocycles. The Kier molecular flexibility index (Phi) is 2.96. The number of hydrogen-bond donors (Lipinski definition) is 1. The van der Waals surface area contributed by atoms with Crippen LogP contribution in [0.5, 0.6) is 0 Å². The predicted octanol–water partition coefficient (Wildman–Crippen LogP) is 1.96. The molecule has 14 heavy (non-hydrogen) atoms. The number of likely N-dealkylation sites (tertiary alicyclic amines) is 1. The summed E-state index contributed by atoms with van der Waals surface area (Å²) in [6, 6.07) is 0.300. The Bertz CT molecular complexity index is 196. The molecule has 0 aliphatic carbocycles. The molecule has 3 nitrogen and oxygen atoms in total. The van der Waals surface area contributed by atoms with Gasteiger partial charge in [0.2, 0.25) is 0 Å². The number of hydrogen-bond acceptors (Lipinski definition) is 3. The molecule has 0 aromatic heterocycles. The molecule has 0 saturated carbocycles. The summed E-state index contributed by atoms with van der Waals surface area (Å²) in [7, 11) is 0. The minimum absolute atomic E-state index is 0.144. The average molecular weight is 200 g/mol. The van der Waals surface area contributed by atoms with Crippen LogP contribution in [-0.2, 0) is 0 Å². The van der Waals surface area contributed by atoms with Crippen LogP contribution >= 0.6 is 0 Å². The molecule has 1 rings (SSSR count). The first-order chi connectivity index (χ1) is 6.12. The van der Waals surface area contributed by atoms with E-state index in [1.54, 1.807) is 0 Å². The van der Waals surface area contributed by atoms with E-state index in [0.29, 0.717) is 6.04 Å². The van der Waals surface area contributed by atoms with E-state index < -0.39 is 0 Å². The summed E-state index contributed by atoms with van der Waals surface area (Å²) in [6.07, 6.45) is 0. The smallest absolute Gasteiger partial charge is 0.0610 e. The first-order valence-electron chi connectivity index (χ1n) is 5.35. The largest absolute Gasteiger partial charge is 0.313 e. The van der Waals surface area contributed by atoms with Crippen LogP contribution in [0.15, 0.2) is 0 Å². The minimum Gasteiger partial charge on any atom is -0.313 e. The zero-order valence-corrected chi connectivity index (χ0v) is 10.3.